The number of likely N-dealkylation sites (tertiary alicyclic amines) is 1. The van der Waals surface area contributed by atoms with Gasteiger partial charge in [-0.2, -0.15) is 0 Å². The van der Waals surface area contributed by atoms with Crippen molar-refractivity contribution < 1.29 is 14.3 Å². The largest absolute Gasteiger partial charge is 0.489 e. The van der Waals surface area contributed by atoms with Crippen LogP contribution < -0.4 is 10.1 Å². The maximum atomic E-state index is 12.4. The Balaban J connectivity index is 1.25. The summed E-state index contributed by atoms with van der Waals surface area (Å²) in [7, 11) is 0. The zero-order chi connectivity index (χ0) is 20.1. The molecule has 3 heterocycles. The van der Waals surface area contributed by atoms with Gasteiger partial charge in [0.2, 0.25) is 11.8 Å². The molecule has 1 saturated heterocycles. The van der Waals surface area contributed by atoms with Crippen molar-refractivity contribution in [1.82, 2.24) is 20.2 Å². The molecule has 1 aliphatic heterocycles. The third kappa shape index (κ3) is 4.51. The highest BCUT2D eigenvalue weighted by Crippen LogP contribution is 2.23. The topological polar surface area (TPSA) is 84.4 Å². The fraction of sp³-hybridized carbons (Fsp3) is 0.273. The standard InChI is InChI=1S/C22H22N4O3/c27-20-13-17(14-26(20)15-18-7-1-2-9-23-18)22(28)25-11-12-29-19-8-3-5-16-6-4-10-24-21(16)19/h1-10,17H,11-15H2,(H,25,28). The molecule has 1 N–H and O–H groups in total. The van der Waals surface area contributed by atoms with E-state index in [0.29, 0.717) is 32.0 Å². The SMILES string of the molecule is O=C(NCCOc1cccc2cccnc12)C1CC(=O)N(Cc2ccccn2)C1. The van der Waals surface area contributed by atoms with Gasteiger partial charge in [-0.25, -0.2) is 0 Å². The first kappa shape index (κ1) is 18.9. The van der Waals surface area contributed by atoms with E-state index in [2.05, 4.69) is 15.3 Å². The zero-order valence-corrected chi connectivity index (χ0v) is 16.0. The van der Waals surface area contributed by atoms with Crippen molar-refractivity contribution in [2.45, 2.75) is 13.0 Å². The molecule has 1 atom stereocenters. The fourth-order valence-electron chi connectivity index (χ4n) is 3.46. The van der Waals surface area contributed by atoms with Crippen molar-refractivity contribution in [3.63, 3.8) is 0 Å². The van der Waals surface area contributed by atoms with Crippen molar-refractivity contribution >= 4 is 22.7 Å². The number of carbonyl (C=O) groups excluding carboxylic acids is 2. The molecule has 4 rings (SSSR count). The molecule has 0 bridgehead atoms. The van der Waals surface area contributed by atoms with E-state index in [-0.39, 0.29) is 24.2 Å². The minimum absolute atomic E-state index is 0.0196. The molecule has 0 radical (unpaired) electrons. The van der Waals surface area contributed by atoms with Gasteiger partial charge < -0.3 is 15.0 Å². The second kappa shape index (κ2) is 8.68. The first-order valence-corrected chi connectivity index (χ1v) is 9.62. The predicted molar refractivity (Wildman–Crippen MR) is 108 cm³/mol. The second-order valence-corrected chi connectivity index (χ2v) is 6.97. The van der Waals surface area contributed by atoms with E-state index < -0.39 is 0 Å². The number of nitrogens with one attached hydrogen (secondary N) is 1. The van der Waals surface area contributed by atoms with Gasteiger partial charge in [0.05, 0.1) is 24.7 Å². The predicted octanol–water partition coefficient (Wildman–Crippen LogP) is 2.17. The molecule has 0 saturated carbocycles. The molecule has 1 aliphatic rings. The van der Waals surface area contributed by atoms with Gasteiger partial charge >= 0.3 is 0 Å². The van der Waals surface area contributed by atoms with Crippen molar-refractivity contribution in [2.75, 3.05) is 19.7 Å². The van der Waals surface area contributed by atoms with E-state index in [9.17, 15) is 9.59 Å². The van der Waals surface area contributed by atoms with E-state index in [1.54, 1.807) is 17.3 Å². The number of ether oxygens (including phenoxy) is 1. The molecule has 0 spiro atoms. The van der Waals surface area contributed by atoms with Gasteiger partial charge in [-0.1, -0.05) is 24.3 Å². The molecule has 1 unspecified atom stereocenters. The van der Waals surface area contributed by atoms with E-state index >= 15 is 0 Å². The highest BCUT2D eigenvalue weighted by atomic mass is 16.5. The first-order valence-electron chi connectivity index (χ1n) is 9.62. The number of para-hydroxylation sites is 1. The number of amides is 2. The number of carbonyl (C=O) groups is 2. The molecule has 7 heteroatoms. The Hall–Kier alpha value is -3.48. The van der Waals surface area contributed by atoms with Crippen molar-refractivity contribution in [3.05, 3.63) is 66.6 Å². The summed E-state index contributed by atoms with van der Waals surface area (Å²) in [6.45, 7) is 1.54. The highest BCUT2D eigenvalue weighted by molar-refractivity contribution is 5.89. The zero-order valence-electron chi connectivity index (χ0n) is 16.0. The first-order chi connectivity index (χ1) is 14.2. The van der Waals surface area contributed by atoms with Gasteiger partial charge in [-0.3, -0.25) is 19.6 Å². The summed E-state index contributed by atoms with van der Waals surface area (Å²) < 4.78 is 5.79. The van der Waals surface area contributed by atoms with Crippen LogP contribution in [0.2, 0.25) is 0 Å². The van der Waals surface area contributed by atoms with Crippen LogP contribution in [0.5, 0.6) is 5.75 Å². The lowest BCUT2D eigenvalue weighted by atomic mass is 10.1. The van der Waals surface area contributed by atoms with Gasteiger partial charge in [0.1, 0.15) is 17.9 Å². The third-order valence-electron chi connectivity index (χ3n) is 4.92. The lowest BCUT2D eigenvalue weighted by molar-refractivity contribution is -0.129. The fourth-order valence-corrected chi connectivity index (χ4v) is 3.46. The van der Waals surface area contributed by atoms with Crippen LogP contribution in [0.4, 0.5) is 0 Å². The Bertz CT molecular complexity index is 1000. The molecule has 2 amide bonds. The minimum atomic E-state index is -0.342. The van der Waals surface area contributed by atoms with Crippen molar-refractivity contribution in [3.8, 4) is 5.75 Å². The lowest BCUT2D eigenvalue weighted by Gasteiger charge is -2.16. The Morgan fingerprint density at radius 1 is 1.10 bits per heavy atom. The summed E-state index contributed by atoms with van der Waals surface area (Å²) in [5.41, 5.74) is 1.62. The molecule has 1 fully saturated rings. The smallest absolute Gasteiger partial charge is 0.225 e. The summed E-state index contributed by atoms with van der Waals surface area (Å²) in [6, 6.07) is 15.2. The molecule has 3 aromatic rings. The average molecular weight is 390 g/mol. The summed E-state index contributed by atoms with van der Waals surface area (Å²) >= 11 is 0. The number of fused-ring (bicyclic) bond motifs is 1. The van der Waals surface area contributed by atoms with Crippen LogP contribution in [0.1, 0.15) is 12.1 Å². The lowest BCUT2D eigenvalue weighted by Crippen LogP contribution is -2.35. The van der Waals surface area contributed by atoms with Gasteiger partial charge in [0, 0.05) is 30.7 Å². The van der Waals surface area contributed by atoms with Crippen LogP contribution in [0.15, 0.2) is 60.9 Å². The number of hydrogen-bond donors (Lipinski definition) is 1. The average Bonchev–Trinajstić information content (AvgIpc) is 3.12. The second-order valence-electron chi connectivity index (χ2n) is 6.97. The Morgan fingerprint density at radius 2 is 1.97 bits per heavy atom. The minimum Gasteiger partial charge on any atom is -0.489 e. The molecule has 2 aromatic heterocycles. The Morgan fingerprint density at radius 3 is 2.83 bits per heavy atom. The Labute approximate surface area is 168 Å². The molecule has 7 nitrogen and oxygen atoms in total. The van der Waals surface area contributed by atoms with Gasteiger partial charge in [-0.15, -0.1) is 0 Å². The van der Waals surface area contributed by atoms with E-state index in [1.807, 2.05) is 48.5 Å². The normalized spacial score (nSPS) is 16.2. The number of pyridine rings is 2. The Kier molecular flexibility index (Phi) is 5.65. The summed E-state index contributed by atoms with van der Waals surface area (Å²) in [5.74, 6) is 0.204. The molecular formula is C22H22N4O3. The summed E-state index contributed by atoms with van der Waals surface area (Å²) in [4.78, 5) is 34.9. The monoisotopic (exact) mass is 390 g/mol. The van der Waals surface area contributed by atoms with Crippen LogP contribution >= 0.6 is 0 Å². The van der Waals surface area contributed by atoms with Crippen LogP contribution in [0.3, 0.4) is 0 Å². The van der Waals surface area contributed by atoms with Crippen LogP contribution in [0, 0.1) is 5.92 Å². The van der Waals surface area contributed by atoms with Gasteiger partial charge in [0.25, 0.3) is 0 Å². The number of aromatic nitrogens is 2. The number of nitrogens with zero attached hydrogens (tertiary/aromatic N) is 3. The summed E-state index contributed by atoms with van der Waals surface area (Å²) in [5, 5.41) is 3.88. The maximum Gasteiger partial charge on any atom is 0.225 e. The maximum absolute atomic E-state index is 12.4. The van der Waals surface area contributed by atoms with Crippen molar-refractivity contribution in [2.24, 2.45) is 5.92 Å². The van der Waals surface area contributed by atoms with Gasteiger partial charge in [0.15, 0.2) is 0 Å². The molecule has 0 aliphatic carbocycles. The van der Waals surface area contributed by atoms with Crippen molar-refractivity contribution in [1.29, 1.82) is 0 Å². The quantitative estimate of drug-likeness (QED) is 0.625. The number of hydrogen-bond acceptors (Lipinski definition) is 5. The number of rotatable bonds is 7. The third-order valence-corrected chi connectivity index (χ3v) is 4.92. The molecule has 148 valence electrons. The summed E-state index contributed by atoms with van der Waals surface area (Å²) in [6.07, 6.45) is 3.66. The molecular weight excluding hydrogens is 368 g/mol. The van der Waals surface area contributed by atoms with Gasteiger partial charge in [-0.05, 0) is 24.3 Å². The molecule has 29 heavy (non-hydrogen) atoms. The number of benzene rings is 1. The molecule has 1 aromatic carbocycles. The van der Waals surface area contributed by atoms with E-state index in [4.69, 9.17) is 4.74 Å². The van der Waals surface area contributed by atoms with E-state index in [1.165, 1.54) is 0 Å². The van der Waals surface area contributed by atoms with E-state index in [0.717, 1.165) is 16.6 Å². The van der Waals surface area contributed by atoms with Crippen LogP contribution in [-0.4, -0.2) is 46.4 Å². The highest BCUT2D eigenvalue weighted by Gasteiger charge is 2.34. The van der Waals surface area contributed by atoms with Crippen LogP contribution in [0.25, 0.3) is 10.9 Å². The van der Waals surface area contributed by atoms with Crippen LogP contribution in [-0.2, 0) is 16.1 Å².